The van der Waals surface area contributed by atoms with Crippen LogP contribution in [0.25, 0.3) is 0 Å². The third-order valence-corrected chi connectivity index (χ3v) is 3.41. The first-order chi connectivity index (χ1) is 10.2. The topological polar surface area (TPSA) is 52.3 Å². The van der Waals surface area contributed by atoms with Crippen molar-refractivity contribution in [2.24, 2.45) is 0 Å². The van der Waals surface area contributed by atoms with Crippen LogP contribution >= 0.6 is 0 Å². The van der Waals surface area contributed by atoms with Gasteiger partial charge in [0.15, 0.2) is 0 Å². The van der Waals surface area contributed by atoms with E-state index in [0.29, 0.717) is 17.9 Å². The van der Waals surface area contributed by atoms with Crippen LogP contribution in [0.1, 0.15) is 34.3 Å². The fourth-order valence-corrected chi connectivity index (χ4v) is 2.23. The van der Waals surface area contributed by atoms with Gasteiger partial charge in [-0.3, -0.25) is 0 Å². The zero-order chi connectivity index (χ0) is 15.1. The van der Waals surface area contributed by atoms with Gasteiger partial charge in [-0.1, -0.05) is 30.3 Å². The molecule has 0 bridgehead atoms. The standard InChI is InChI=1S/C18H21NO2/c1-14-13-16(19)10-11-17(14)18(20)21-12-6-5-9-15-7-3-2-4-8-15/h2-4,7-8,10-11,13H,5-6,9,12,19H2,1H3. The van der Waals surface area contributed by atoms with E-state index in [0.717, 1.165) is 24.8 Å². The molecule has 2 aromatic rings. The van der Waals surface area contributed by atoms with Gasteiger partial charge in [0.25, 0.3) is 0 Å². The molecule has 0 amide bonds. The van der Waals surface area contributed by atoms with Crippen molar-refractivity contribution in [1.82, 2.24) is 0 Å². The summed E-state index contributed by atoms with van der Waals surface area (Å²) in [6.45, 7) is 2.32. The van der Waals surface area contributed by atoms with Gasteiger partial charge in [-0.25, -0.2) is 4.79 Å². The summed E-state index contributed by atoms with van der Waals surface area (Å²) in [7, 11) is 0. The van der Waals surface area contributed by atoms with Crippen molar-refractivity contribution in [2.75, 3.05) is 12.3 Å². The maximum atomic E-state index is 11.9. The Morgan fingerprint density at radius 2 is 1.86 bits per heavy atom. The highest BCUT2D eigenvalue weighted by Gasteiger charge is 2.10. The van der Waals surface area contributed by atoms with Crippen LogP contribution in [0.4, 0.5) is 5.69 Å². The highest BCUT2D eigenvalue weighted by Crippen LogP contribution is 2.14. The second kappa shape index (κ2) is 7.48. The molecule has 0 aliphatic rings. The van der Waals surface area contributed by atoms with Crippen molar-refractivity contribution in [3.63, 3.8) is 0 Å². The predicted octanol–water partition coefficient (Wildman–Crippen LogP) is 3.76. The van der Waals surface area contributed by atoms with Crippen molar-refractivity contribution in [3.05, 3.63) is 65.2 Å². The number of esters is 1. The fraction of sp³-hybridized carbons (Fsp3) is 0.278. The predicted molar refractivity (Wildman–Crippen MR) is 85.3 cm³/mol. The average Bonchev–Trinajstić information content (AvgIpc) is 2.47. The van der Waals surface area contributed by atoms with Gasteiger partial charge in [0.2, 0.25) is 0 Å². The van der Waals surface area contributed by atoms with Gasteiger partial charge in [-0.15, -0.1) is 0 Å². The number of nitrogen functional groups attached to an aromatic ring is 1. The molecule has 2 rings (SSSR count). The Morgan fingerprint density at radius 3 is 2.57 bits per heavy atom. The number of aryl methyl sites for hydroxylation is 2. The first-order valence-corrected chi connectivity index (χ1v) is 7.24. The zero-order valence-corrected chi connectivity index (χ0v) is 12.3. The molecule has 0 fully saturated rings. The van der Waals surface area contributed by atoms with Crippen LogP contribution < -0.4 is 5.73 Å². The fourth-order valence-electron chi connectivity index (χ4n) is 2.23. The van der Waals surface area contributed by atoms with Crippen LogP contribution in [0.3, 0.4) is 0 Å². The Hall–Kier alpha value is -2.29. The van der Waals surface area contributed by atoms with Crippen molar-refractivity contribution in [1.29, 1.82) is 0 Å². The van der Waals surface area contributed by atoms with Crippen LogP contribution in [-0.2, 0) is 11.2 Å². The maximum Gasteiger partial charge on any atom is 0.338 e. The van der Waals surface area contributed by atoms with E-state index in [4.69, 9.17) is 10.5 Å². The van der Waals surface area contributed by atoms with Gasteiger partial charge >= 0.3 is 5.97 Å². The number of carbonyl (C=O) groups excluding carboxylic acids is 1. The molecule has 110 valence electrons. The molecule has 3 nitrogen and oxygen atoms in total. The van der Waals surface area contributed by atoms with Gasteiger partial charge in [0, 0.05) is 5.69 Å². The van der Waals surface area contributed by atoms with Crippen molar-refractivity contribution < 1.29 is 9.53 Å². The first kappa shape index (κ1) is 15.1. The summed E-state index contributed by atoms with van der Waals surface area (Å²) in [6.07, 6.45) is 2.89. The Kier molecular flexibility index (Phi) is 5.38. The van der Waals surface area contributed by atoms with Crippen molar-refractivity contribution >= 4 is 11.7 Å². The van der Waals surface area contributed by atoms with Gasteiger partial charge in [0.1, 0.15) is 0 Å². The van der Waals surface area contributed by atoms with Gasteiger partial charge < -0.3 is 10.5 Å². The number of hydrogen-bond donors (Lipinski definition) is 1. The van der Waals surface area contributed by atoms with Gasteiger partial charge in [-0.2, -0.15) is 0 Å². The molecule has 0 aliphatic carbocycles. The summed E-state index contributed by atoms with van der Waals surface area (Å²) in [5, 5.41) is 0. The van der Waals surface area contributed by atoms with Crippen molar-refractivity contribution in [3.8, 4) is 0 Å². The highest BCUT2D eigenvalue weighted by molar-refractivity contribution is 5.91. The summed E-state index contributed by atoms with van der Waals surface area (Å²) in [5.41, 5.74) is 9.09. The number of nitrogens with two attached hydrogens (primary N) is 1. The SMILES string of the molecule is Cc1cc(N)ccc1C(=O)OCCCCc1ccccc1. The summed E-state index contributed by atoms with van der Waals surface area (Å²) >= 11 is 0. The van der Waals surface area contributed by atoms with E-state index < -0.39 is 0 Å². The number of benzene rings is 2. The molecule has 0 atom stereocenters. The largest absolute Gasteiger partial charge is 0.462 e. The molecule has 2 aromatic carbocycles. The summed E-state index contributed by atoms with van der Waals surface area (Å²) in [4.78, 5) is 11.9. The van der Waals surface area contributed by atoms with Crippen LogP contribution in [0.15, 0.2) is 48.5 Å². The number of ether oxygens (including phenoxy) is 1. The minimum atomic E-state index is -0.271. The smallest absolute Gasteiger partial charge is 0.338 e. The lowest BCUT2D eigenvalue weighted by molar-refractivity contribution is 0.0497. The quantitative estimate of drug-likeness (QED) is 0.499. The number of carbonyl (C=O) groups is 1. The Balaban J connectivity index is 1.72. The number of unbranched alkanes of at least 4 members (excludes halogenated alkanes) is 1. The molecule has 0 aromatic heterocycles. The Bertz CT molecular complexity index is 593. The Labute approximate surface area is 125 Å². The number of rotatable bonds is 6. The van der Waals surface area contributed by atoms with Crippen LogP contribution in [-0.4, -0.2) is 12.6 Å². The second-order valence-electron chi connectivity index (χ2n) is 5.15. The van der Waals surface area contributed by atoms with Crippen LogP contribution in [0.2, 0.25) is 0 Å². The molecule has 0 unspecified atom stereocenters. The molecule has 0 radical (unpaired) electrons. The maximum absolute atomic E-state index is 11.9. The minimum absolute atomic E-state index is 0.271. The molecule has 2 N–H and O–H groups in total. The second-order valence-corrected chi connectivity index (χ2v) is 5.15. The molecule has 21 heavy (non-hydrogen) atoms. The van der Waals surface area contributed by atoms with Crippen LogP contribution in [0.5, 0.6) is 0 Å². The third-order valence-electron chi connectivity index (χ3n) is 3.41. The third kappa shape index (κ3) is 4.63. The molecular formula is C18H21NO2. The van der Waals surface area contributed by atoms with E-state index in [2.05, 4.69) is 12.1 Å². The minimum Gasteiger partial charge on any atom is -0.462 e. The molecule has 0 spiro atoms. The molecule has 0 saturated carbocycles. The summed E-state index contributed by atoms with van der Waals surface area (Å²) in [6, 6.07) is 15.5. The van der Waals surface area contributed by atoms with Gasteiger partial charge in [-0.05, 0) is 55.5 Å². The van der Waals surface area contributed by atoms with E-state index in [-0.39, 0.29) is 5.97 Å². The van der Waals surface area contributed by atoms with E-state index >= 15 is 0 Å². The molecule has 0 saturated heterocycles. The molecule has 0 heterocycles. The lowest BCUT2D eigenvalue weighted by Crippen LogP contribution is -2.08. The highest BCUT2D eigenvalue weighted by atomic mass is 16.5. The molecule has 3 heteroatoms. The lowest BCUT2D eigenvalue weighted by Gasteiger charge is -2.08. The summed E-state index contributed by atoms with van der Waals surface area (Å²) in [5.74, 6) is -0.271. The normalized spacial score (nSPS) is 10.3. The van der Waals surface area contributed by atoms with E-state index in [9.17, 15) is 4.79 Å². The molecule has 0 aliphatic heterocycles. The summed E-state index contributed by atoms with van der Waals surface area (Å²) < 4.78 is 5.31. The van der Waals surface area contributed by atoms with E-state index in [1.54, 1.807) is 18.2 Å². The lowest BCUT2D eigenvalue weighted by atomic mass is 10.1. The van der Waals surface area contributed by atoms with Crippen LogP contribution in [0, 0.1) is 6.92 Å². The molecular weight excluding hydrogens is 262 g/mol. The van der Waals surface area contributed by atoms with Crippen molar-refractivity contribution in [2.45, 2.75) is 26.2 Å². The van der Waals surface area contributed by atoms with E-state index in [1.165, 1.54) is 5.56 Å². The zero-order valence-electron chi connectivity index (χ0n) is 12.3. The average molecular weight is 283 g/mol. The Morgan fingerprint density at radius 1 is 1.10 bits per heavy atom. The number of anilines is 1. The monoisotopic (exact) mass is 283 g/mol. The van der Waals surface area contributed by atoms with E-state index in [1.807, 2.05) is 25.1 Å². The number of hydrogen-bond acceptors (Lipinski definition) is 3. The first-order valence-electron chi connectivity index (χ1n) is 7.24. The van der Waals surface area contributed by atoms with Gasteiger partial charge in [0.05, 0.1) is 12.2 Å².